The molecule has 106 valence electrons. The molecule has 0 heterocycles. The molecule has 0 bridgehead atoms. The average molecular weight is 291 g/mol. The minimum Gasteiger partial charge on any atom is -0.402 e. The molecule has 20 heavy (non-hydrogen) atoms. The summed E-state index contributed by atoms with van der Waals surface area (Å²) in [7, 11) is -2.44. The van der Waals surface area contributed by atoms with Gasteiger partial charge in [0.2, 0.25) is 0 Å². The lowest BCUT2D eigenvalue weighted by molar-refractivity contribution is 0.278. The molecule has 0 aliphatic carbocycles. The van der Waals surface area contributed by atoms with Crippen molar-refractivity contribution in [2.45, 2.75) is 0 Å². The van der Waals surface area contributed by atoms with Gasteiger partial charge >= 0.3 is 7.32 Å². The van der Waals surface area contributed by atoms with E-state index in [4.69, 9.17) is 20.8 Å². The average Bonchev–Trinajstić information content (AvgIpc) is 2.46. The van der Waals surface area contributed by atoms with Crippen molar-refractivity contribution in [1.82, 2.24) is 0 Å². The third-order valence-corrected chi connectivity index (χ3v) is 5.04. The first kappa shape index (κ1) is 16.8. The lowest BCUT2D eigenvalue weighted by atomic mass is 10.3. The lowest BCUT2D eigenvalue weighted by Gasteiger charge is -2.17. The van der Waals surface area contributed by atoms with Crippen molar-refractivity contribution >= 4 is 25.9 Å². The molecule has 0 amide bonds. The monoisotopic (exact) mass is 291 g/mol. The molecule has 0 aliphatic rings. The number of hydrogen-bond donors (Lipinski definition) is 4. The van der Waals surface area contributed by atoms with E-state index in [9.17, 15) is 0 Å². The lowest BCUT2D eigenvalue weighted by Crippen LogP contribution is -2.18. The Bertz CT molecular complexity index is 428. The molecule has 0 radical (unpaired) electrons. The van der Waals surface area contributed by atoms with E-state index in [1.807, 2.05) is 0 Å². The first-order valence-corrected chi connectivity index (χ1v) is 7.79. The van der Waals surface area contributed by atoms with Gasteiger partial charge in [-0.3, -0.25) is 0 Å². The van der Waals surface area contributed by atoms with E-state index < -0.39 is 7.32 Å². The van der Waals surface area contributed by atoms with Gasteiger partial charge in [0, 0.05) is 0 Å². The maximum atomic E-state index is 7.17. The van der Waals surface area contributed by atoms with E-state index in [0.29, 0.717) is 0 Å². The first-order valence-electron chi connectivity index (χ1n) is 6.27. The summed E-state index contributed by atoms with van der Waals surface area (Å²) in [5.41, 5.74) is 5.72. The summed E-state index contributed by atoms with van der Waals surface area (Å²) in [6, 6.07) is 21.3. The van der Waals surface area contributed by atoms with E-state index in [-0.39, 0.29) is 7.92 Å². The quantitative estimate of drug-likeness (QED) is 0.473. The van der Waals surface area contributed by atoms with Crippen LogP contribution in [0.15, 0.2) is 60.7 Å². The van der Waals surface area contributed by atoms with Crippen LogP contribution in [0.2, 0.25) is 0 Å². The van der Waals surface area contributed by atoms with Gasteiger partial charge in [-0.2, -0.15) is 0 Å². The minimum absolute atomic E-state index is 0.276. The second kappa shape index (κ2) is 9.64. The van der Waals surface area contributed by atoms with Crippen LogP contribution in [-0.2, 0) is 0 Å². The maximum absolute atomic E-state index is 7.17. The molecule has 2 aromatic rings. The van der Waals surface area contributed by atoms with Crippen LogP contribution in [0.1, 0.15) is 0 Å². The zero-order valence-corrected chi connectivity index (χ0v) is 12.0. The largest absolute Gasteiger partial charge is 0.631 e. The van der Waals surface area contributed by atoms with Gasteiger partial charge in [0.1, 0.15) is 0 Å². The van der Waals surface area contributed by atoms with E-state index >= 15 is 0 Å². The molecular weight excluding hydrogens is 272 g/mol. The Balaban J connectivity index is 0.000000444. The summed E-state index contributed by atoms with van der Waals surface area (Å²) in [4.78, 5) is 0. The van der Waals surface area contributed by atoms with Crippen LogP contribution in [-0.4, -0.2) is 35.1 Å². The van der Waals surface area contributed by atoms with Crippen LogP contribution in [0.3, 0.4) is 0 Å². The predicted molar refractivity (Wildman–Crippen MR) is 85.4 cm³/mol. The van der Waals surface area contributed by atoms with Crippen LogP contribution in [0, 0.1) is 0 Å². The number of benzene rings is 2. The molecule has 2 rings (SSSR count). The molecule has 0 aliphatic heterocycles. The van der Waals surface area contributed by atoms with Crippen molar-refractivity contribution in [3.63, 3.8) is 0 Å². The van der Waals surface area contributed by atoms with Crippen LogP contribution >= 0.6 is 7.92 Å². The SMILES string of the molecule is NCCP(c1ccccc1)c1ccccc1.OB(O)O. The minimum atomic E-state index is -2.17. The van der Waals surface area contributed by atoms with Crippen LogP contribution < -0.4 is 16.3 Å². The van der Waals surface area contributed by atoms with Crippen molar-refractivity contribution in [2.75, 3.05) is 12.7 Å². The van der Waals surface area contributed by atoms with E-state index in [2.05, 4.69) is 60.7 Å². The fourth-order valence-corrected chi connectivity index (χ4v) is 3.89. The fourth-order valence-electron chi connectivity index (χ4n) is 1.75. The van der Waals surface area contributed by atoms with Gasteiger partial charge in [0.15, 0.2) is 0 Å². The Labute approximate surface area is 120 Å². The van der Waals surface area contributed by atoms with Crippen LogP contribution in [0.5, 0.6) is 0 Å². The molecule has 4 nitrogen and oxygen atoms in total. The second-order valence-corrected chi connectivity index (χ2v) is 6.29. The van der Waals surface area contributed by atoms with Crippen molar-refractivity contribution in [2.24, 2.45) is 5.73 Å². The molecule has 0 saturated carbocycles. The summed E-state index contributed by atoms with van der Waals surface area (Å²) < 4.78 is 0. The van der Waals surface area contributed by atoms with Crippen molar-refractivity contribution < 1.29 is 15.1 Å². The molecule has 2 aromatic carbocycles. The zero-order valence-electron chi connectivity index (χ0n) is 11.1. The summed E-state index contributed by atoms with van der Waals surface area (Å²) in [6.45, 7) is 0.746. The molecule has 6 heteroatoms. The van der Waals surface area contributed by atoms with Gasteiger partial charge in [-0.05, 0) is 31.2 Å². The maximum Gasteiger partial charge on any atom is 0.631 e. The van der Waals surface area contributed by atoms with Crippen molar-refractivity contribution in [3.8, 4) is 0 Å². The smallest absolute Gasteiger partial charge is 0.402 e. The highest BCUT2D eigenvalue weighted by atomic mass is 31.1. The molecule has 5 N–H and O–H groups in total. The molecule has 0 saturated heterocycles. The van der Waals surface area contributed by atoms with E-state index in [1.165, 1.54) is 10.6 Å². The normalized spacial score (nSPS) is 9.85. The Kier molecular flexibility index (Phi) is 8.11. The molecule has 0 atom stereocenters. The summed E-state index contributed by atoms with van der Waals surface area (Å²) in [5, 5.41) is 24.3. The van der Waals surface area contributed by atoms with Crippen molar-refractivity contribution in [3.05, 3.63) is 60.7 Å². The Hall–Kier alpha value is -1.23. The molecule has 0 fully saturated rings. The first-order chi connectivity index (χ1) is 9.65. The fraction of sp³-hybridized carbons (Fsp3) is 0.143. The Morgan fingerprint density at radius 1 is 0.800 bits per heavy atom. The number of rotatable bonds is 4. The summed E-state index contributed by atoms with van der Waals surface area (Å²) in [5.74, 6) is 0. The molecule has 0 aromatic heterocycles. The topological polar surface area (TPSA) is 86.7 Å². The van der Waals surface area contributed by atoms with Crippen LogP contribution in [0.4, 0.5) is 0 Å². The van der Waals surface area contributed by atoms with Crippen molar-refractivity contribution in [1.29, 1.82) is 0 Å². The third-order valence-electron chi connectivity index (χ3n) is 2.49. The summed E-state index contributed by atoms with van der Waals surface area (Å²) in [6.07, 6.45) is 1.06. The van der Waals surface area contributed by atoms with Gasteiger partial charge < -0.3 is 20.8 Å². The Morgan fingerprint density at radius 3 is 1.45 bits per heavy atom. The van der Waals surface area contributed by atoms with Crippen LogP contribution in [0.25, 0.3) is 0 Å². The highest BCUT2D eigenvalue weighted by Gasteiger charge is 2.11. The molecular formula is C14H19BNO3P. The predicted octanol–water partition coefficient (Wildman–Crippen LogP) is 0.0262. The van der Waals surface area contributed by atoms with Gasteiger partial charge in [-0.25, -0.2) is 0 Å². The Morgan fingerprint density at radius 2 is 1.15 bits per heavy atom. The second-order valence-electron chi connectivity index (χ2n) is 3.96. The standard InChI is InChI=1S/C14H16NP.BH3O3/c15-11-12-16(13-7-3-1-4-8-13)14-9-5-2-6-10-14;2-1(3)4/h1-10H,11-12,15H2;2-4H. The zero-order chi connectivity index (χ0) is 14.8. The van der Waals surface area contributed by atoms with Gasteiger partial charge in [-0.15, -0.1) is 0 Å². The van der Waals surface area contributed by atoms with Gasteiger partial charge in [-0.1, -0.05) is 60.7 Å². The summed E-state index contributed by atoms with van der Waals surface area (Å²) >= 11 is 0. The molecule has 0 unspecified atom stereocenters. The van der Waals surface area contributed by atoms with E-state index in [0.717, 1.165) is 12.7 Å². The molecule has 0 spiro atoms. The van der Waals surface area contributed by atoms with E-state index in [1.54, 1.807) is 0 Å². The highest BCUT2D eigenvalue weighted by molar-refractivity contribution is 7.73. The number of hydrogen-bond acceptors (Lipinski definition) is 4. The highest BCUT2D eigenvalue weighted by Crippen LogP contribution is 2.32. The van der Waals surface area contributed by atoms with Gasteiger partial charge in [0.25, 0.3) is 0 Å². The third kappa shape index (κ3) is 6.28. The van der Waals surface area contributed by atoms with Gasteiger partial charge in [0.05, 0.1) is 0 Å². The number of nitrogens with two attached hydrogens (primary N) is 1.